The summed E-state index contributed by atoms with van der Waals surface area (Å²) in [6, 6.07) is -0.0391. The molecule has 9 heteroatoms. The van der Waals surface area contributed by atoms with Crippen molar-refractivity contribution in [2.24, 2.45) is 0 Å². The number of alkyl carbamates (subject to hydrolysis) is 1. The number of nitrogens with one attached hydrogen (secondary N) is 1. The van der Waals surface area contributed by atoms with Crippen molar-refractivity contribution in [2.45, 2.75) is 18.9 Å². The molecule has 0 aromatic carbocycles. The van der Waals surface area contributed by atoms with E-state index >= 15 is 0 Å². The summed E-state index contributed by atoms with van der Waals surface area (Å²) in [5.74, 6) is -1.07. The topological polar surface area (TPSA) is 98.8 Å². The maximum Gasteiger partial charge on any atom is 1.00 e. The van der Waals surface area contributed by atoms with Crippen LogP contribution in [0.2, 0.25) is 0 Å². The van der Waals surface area contributed by atoms with Gasteiger partial charge in [-0.05, 0) is 0 Å². The number of nitrogens with zero attached hydrogens (tertiary/aromatic N) is 1. The Hall–Kier alpha value is -0.700. The number of ether oxygens (including phenoxy) is 1. The van der Waals surface area contributed by atoms with E-state index in [4.69, 9.17) is 4.74 Å². The first kappa shape index (κ1) is 17.4. The van der Waals surface area contributed by atoms with Gasteiger partial charge in [-0.15, -0.1) is 11.8 Å². The fourth-order valence-corrected chi connectivity index (χ4v) is 3.15. The van der Waals surface area contributed by atoms with E-state index in [1.54, 1.807) is 0 Å². The van der Waals surface area contributed by atoms with Crippen LogP contribution < -0.4 is 40.0 Å². The number of β-lactam (4-membered cyclic amide) rings is 1. The minimum Gasteiger partial charge on any atom is -0.543 e. The van der Waals surface area contributed by atoms with Crippen LogP contribution in [0.4, 0.5) is 4.79 Å². The fourth-order valence-electron chi connectivity index (χ4n) is 2.11. The molecule has 0 aliphatic carbocycles. The number of rotatable bonds is 5. The molecule has 1 saturated heterocycles. The molecule has 0 bridgehead atoms. The predicted octanol–water partition coefficient (Wildman–Crippen LogP) is -3.95. The first-order valence-electron chi connectivity index (χ1n) is 5.78. The number of carboxylic acid groups (broad SMARTS) is 1. The van der Waals surface area contributed by atoms with E-state index < -0.39 is 12.1 Å². The second-order valence-electron chi connectivity index (χ2n) is 4.12. The summed E-state index contributed by atoms with van der Waals surface area (Å²) in [6.45, 7) is 0.173. The summed E-state index contributed by atoms with van der Waals surface area (Å²) in [6.07, 6.45) is 0.398. The summed E-state index contributed by atoms with van der Waals surface area (Å²) in [7, 11) is 1.46. The van der Waals surface area contributed by atoms with Crippen LogP contribution in [-0.4, -0.2) is 48.3 Å². The Labute approximate surface area is 142 Å². The smallest absolute Gasteiger partial charge is 0.543 e. The number of aliphatic carboxylic acids is 1. The summed E-state index contributed by atoms with van der Waals surface area (Å²) in [4.78, 5) is 35.1. The molecule has 0 spiro atoms. The van der Waals surface area contributed by atoms with Crippen LogP contribution in [-0.2, 0) is 14.3 Å². The molecule has 1 unspecified atom stereocenters. The Morgan fingerprint density at radius 3 is 2.75 bits per heavy atom. The Kier molecular flexibility index (Phi) is 6.38. The van der Waals surface area contributed by atoms with E-state index in [0.29, 0.717) is 23.5 Å². The van der Waals surface area contributed by atoms with Gasteiger partial charge in [0.1, 0.15) is 6.61 Å². The van der Waals surface area contributed by atoms with Gasteiger partial charge in [0.25, 0.3) is 0 Å². The van der Waals surface area contributed by atoms with Gasteiger partial charge in [0.2, 0.25) is 5.91 Å². The summed E-state index contributed by atoms with van der Waals surface area (Å²) in [5, 5.41) is 13.4. The van der Waals surface area contributed by atoms with Crippen LogP contribution in [0.15, 0.2) is 10.6 Å². The molecule has 0 aromatic heterocycles. The molecule has 20 heavy (non-hydrogen) atoms. The zero-order valence-corrected chi connectivity index (χ0v) is 14.1. The van der Waals surface area contributed by atoms with Crippen LogP contribution in [0.5, 0.6) is 0 Å². The molecule has 1 N–H and O–H groups in total. The summed E-state index contributed by atoms with van der Waals surface area (Å²) < 4.78 is 4.80. The molecule has 2 heterocycles. The van der Waals surface area contributed by atoms with E-state index in [1.165, 1.54) is 23.7 Å². The minimum absolute atomic E-state index is 0. The molecule has 0 aromatic rings. The normalized spacial score (nSPS) is 19.9. The van der Waals surface area contributed by atoms with Crippen LogP contribution in [0.1, 0.15) is 12.8 Å². The zero-order valence-electron chi connectivity index (χ0n) is 11.3. The van der Waals surface area contributed by atoms with E-state index in [9.17, 15) is 19.5 Å². The standard InChI is InChI=1S/C11H14N2O5S.Na/c1-12-11(17)18-2-3-19-7-4-6-5-8(14)13(6)9(7)10(15)16;/h6H,2-5H2,1H3,(H,12,17)(H,15,16);/q;+1/p-1. The van der Waals surface area contributed by atoms with E-state index in [2.05, 4.69) is 5.32 Å². The third-order valence-electron chi connectivity index (χ3n) is 2.96. The van der Waals surface area contributed by atoms with E-state index in [-0.39, 0.29) is 53.8 Å². The number of amides is 2. The second-order valence-corrected chi connectivity index (χ2v) is 5.31. The quantitative estimate of drug-likeness (QED) is 0.316. The third kappa shape index (κ3) is 3.49. The molecule has 2 amide bonds. The van der Waals surface area contributed by atoms with Gasteiger partial charge in [-0.1, -0.05) is 0 Å². The number of carbonyl (C=O) groups excluding carboxylic acids is 3. The van der Waals surface area contributed by atoms with Crippen molar-refractivity contribution in [3.63, 3.8) is 0 Å². The number of carboxylic acids is 1. The van der Waals surface area contributed by atoms with Gasteiger partial charge < -0.3 is 24.9 Å². The Morgan fingerprint density at radius 1 is 1.50 bits per heavy atom. The number of hydrogen-bond acceptors (Lipinski definition) is 6. The molecule has 2 rings (SSSR count). The molecule has 2 aliphatic heterocycles. The van der Waals surface area contributed by atoms with Gasteiger partial charge in [-0.3, -0.25) is 4.79 Å². The van der Waals surface area contributed by atoms with Crippen LogP contribution in [0, 0.1) is 0 Å². The van der Waals surface area contributed by atoms with Gasteiger partial charge in [-0.25, -0.2) is 4.79 Å². The first-order valence-corrected chi connectivity index (χ1v) is 6.77. The second kappa shape index (κ2) is 7.35. The average molecular weight is 308 g/mol. The van der Waals surface area contributed by atoms with E-state index in [1.807, 2.05) is 0 Å². The largest absolute Gasteiger partial charge is 1.00 e. The average Bonchev–Trinajstić information content (AvgIpc) is 2.67. The monoisotopic (exact) mass is 308 g/mol. The maximum atomic E-state index is 11.3. The summed E-state index contributed by atoms with van der Waals surface area (Å²) in [5.41, 5.74) is -0.0220. The number of thioether (sulfide) groups is 1. The van der Waals surface area contributed by atoms with E-state index in [0.717, 1.165) is 0 Å². The number of carbonyl (C=O) groups is 3. The molecule has 1 atom stereocenters. The Morgan fingerprint density at radius 2 is 2.20 bits per heavy atom. The minimum atomic E-state index is -1.33. The molecule has 0 saturated carbocycles. The van der Waals surface area contributed by atoms with Gasteiger partial charge in [-0.2, -0.15) is 0 Å². The first-order chi connectivity index (χ1) is 9.04. The van der Waals surface area contributed by atoms with Gasteiger partial charge in [0.05, 0.1) is 17.7 Å². The molecule has 1 fully saturated rings. The van der Waals surface area contributed by atoms with Crippen LogP contribution in [0.25, 0.3) is 0 Å². The van der Waals surface area contributed by atoms with Crippen molar-refractivity contribution < 1.29 is 53.8 Å². The van der Waals surface area contributed by atoms with Gasteiger partial charge in [0.15, 0.2) is 0 Å². The zero-order chi connectivity index (χ0) is 14.0. The summed E-state index contributed by atoms with van der Waals surface area (Å²) >= 11 is 1.28. The van der Waals surface area contributed by atoms with Gasteiger partial charge >= 0.3 is 35.7 Å². The molecule has 104 valence electrons. The van der Waals surface area contributed by atoms with Crippen molar-refractivity contribution in [1.82, 2.24) is 10.2 Å². The Bertz CT molecular complexity index is 468. The van der Waals surface area contributed by atoms with Crippen molar-refractivity contribution in [3.8, 4) is 0 Å². The molecule has 7 nitrogen and oxygen atoms in total. The Balaban J connectivity index is 0.00000200. The molecule has 0 radical (unpaired) electrons. The van der Waals surface area contributed by atoms with Crippen molar-refractivity contribution in [2.75, 3.05) is 19.4 Å². The van der Waals surface area contributed by atoms with Crippen molar-refractivity contribution in [1.29, 1.82) is 0 Å². The fraction of sp³-hybridized carbons (Fsp3) is 0.545. The number of fused-ring (bicyclic) bond motifs is 1. The molecular weight excluding hydrogens is 295 g/mol. The van der Waals surface area contributed by atoms with Crippen molar-refractivity contribution >= 4 is 29.7 Å². The molecule has 2 aliphatic rings. The predicted molar refractivity (Wildman–Crippen MR) is 64.8 cm³/mol. The van der Waals surface area contributed by atoms with Crippen LogP contribution >= 0.6 is 11.8 Å². The van der Waals surface area contributed by atoms with Crippen LogP contribution in [0.3, 0.4) is 0 Å². The molecular formula is C11H13N2NaO5S. The number of hydrogen-bond donors (Lipinski definition) is 1. The van der Waals surface area contributed by atoms with Crippen molar-refractivity contribution in [3.05, 3.63) is 10.6 Å². The maximum absolute atomic E-state index is 11.3. The SMILES string of the molecule is CNC(=O)OCCSC1=C(C(=O)[O-])N2C(=O)CC2C1.[Na+]. The third-order valence-corrected chi connectivity index (χ3v) is 4.04. The van der Waals surface area contributed by atoms with Gasteiger partial charge in [0, 0.05) is 30.5 Å².